The van der Waals surface area contributed by atoms with Gasteiger partial charge in [0.2, 0.25) is 0 Å². The molecule has 0 saturated carbocycles. The van der Waals surface area contributed by atoms with E-state index in [9.17, 15) is 4.79 Å². The van der Waals surface area contributed by atoms with Gasteiger partial charge in [-0.25, -0.2) is 4.57 Å². The zero-order valence-electron chi connectivity index (χ0n) is 8.62. The van der Waals surface area contributed by atoms with Crippen molar-refractivity contribution in [2.45, 2.75) is 5.03 Å². The van der Waals surface area contributed by atoms with Crippen molar-refractivity contribution in [1.29, 1.82) is 5.26 Å². The predicted octanol–water partition coefficient (Wildman–Crippen LogP) is 2.00. The van der Waals surface area contributed by atoms with Crippen molar-refractivity contribution in [3.05, 3.63) is 57.6 Å². The van der Waals surface area contributed by atoms with Crippen molar-refractivity contribution in [2.24, 2.45) is 0 Å². The van der Waals surface area contributed by atoms with Gasteiger partial charge in [-0.1, -0.05) is 0 Å². The predicted molar refractivity (Wildman–Crippen MR) is 64.8 cm³/mol. The van der Waals surface area contributed by atoms with Crippen LogP contribution < -0.4 is 5.43 Å². The first-order valence-corrected chi connectivity index (χ1v) is 5.88. The van der Waals surface area contributed by atoms with Gasteiger partial charge in [-0.3, -0.25) is 4.79 Å². The van der Waals surface area contributed by atoms with Crippen molar-refractivity contribution in [3.63, 3.8) is 0 Å². The Labute approximate surface area is 101 Å². The lowest BCUT2D eigenvalue weighted by Crippen LogP contribution is -2.11. The summed E-state index contributed by atoms with van der Waals surface area (Å²) < 4.78 is 6.71. The van der Waals surface area contributed by atoms with Gasteiger partial charge in [-0.15, -0.1) is 0 Å². The fourth-order valence-corrected chi connectivity index (χ4v) is 2.90. The Hall–Kier alpha value is -2.19. The molecule has 0 aliphatic carbocycles. The molecule has 4 nitrogen and oxygen atoms in total. The fraction of sp³-hybridized carbons (Fsp3) is 0. The van der Waals surface area contributed by atoms with Crippen molar-refractivity contribution >= 4 is 17.3 Å². The van der Waals surface area contributed by atoms with Gasteiger partial charge in [-0.2, -0.15) is 17.0 Å². The maximum atomic E-state index is 11.9. The summed E-state index contributed by atoms with van der Waals surface area (Å²) in [4.78, 5) is 11.9. The second-order valence-corrected chi connectivity index (χ2v) is 4.44. The van der Waals surface area contributed by atoms with Gasteiger partial charge in [0, 0.05) is 17.8 Å². The van der Waals surface area contributed by atoms with E-state index in [1.54, 1.807) is 18.4 Å². The minimum Gasteiger partial charge on any atom is -0.464 e. The third kappa shape index (κ3) is 1.42. The molecule has 0 spiro atoms. The number of hydrogen-bond donors (Lipinski definition) is 1. The zero-order valence-corrected chi connectivity index (χ0v) is 9.52. The quantitative estimate of drug-likeness (QED) is 0.779. The summed E-state index contributed by atoms with van der Waals surface area (Å²) in [6.07, 6.45) is 5.09. The summed E-state index contributed by atoms with van der Waals surface area (Å²) in [5.74, 6) is 0.657. The molecular weight excluding hydrogens is 236 g/mol. The molecule has 3 rings (SSSR count). The summed E-state index contributed by atoms with van der Waals surface area (Å²) in [6.45, 7) is 0. The van der Waals surface area contributed by atoms with Gasteiger partial charge in [0.05, 0.1) is 16.9 Å². The van der Waals surface area contributed by atoms with Crippen molar-refractivity contribution in [1.82, 2.24) is 4.57 Å². The van der Waals surface area contributed by atoms with Gasteiger partial charge >= 0.3 is 0 Å². The zero-order chi connectivity index (χ0) is 11.8. The van der Waals surface area contributed by atoms with Crippen LogP contribution in [0.25, 0.3) is 5.57 Å². The molecule has 0 N–H and O–H groups in total. The van der Waals surface area contributed by atoms with Crippen LogP contribution >= 0.6 is 11.8 Å². The molecular formula is C12H7N2O2S. The van der Waals surface area contributed by atoms with Crippen LogP contribution in [0.1, 0.15) is 11.3 Å². The van der Waals surface area contributed by atoms with Crippen LogP contribution in [0.15, 0.2) is 50.3 Å². The molecule has 0 aromatic carbocycles. The van der Waals surface area contributed by atoms with Crippen LogP contribution in [0.5, 0.6) is 0 Å². The topological polar surface area (TPSA) is 58.9 Å². The van der Waals surface area contributed by atoms with Crippen molar-refractivity contribution in [2.75, 3.05) is 0 Å². The summed E-state index contributed by atoms with van der Waals surface area (Å²) >= 11 is 0.838. The van der Waals surface area contributed by atoms with Gasteiger partial charge in [0.25, 0.3) is 0 Å². The molecule has 1 aliphatic rings. The van der Waals surface area contributed by atoms with Crippen LogP contribution in [0.3, 0.4) is 0 Å². The minimum atomic E-state index is -0.0841. The van der Waals surface area contributed by atoms with E-state index in [1.807, 2.05) is 11.6 Å². The standard InChI is InChI=1S/C12H7N2O2S/c13-7-14-4-3-9(15)11-8(6-17-12(11)14)10-2-1-5-16-10/h1-6,17H. The first kappa shape index (κ1) is 10.00. The molecule has 0 fully saturated rings. The number of aromatic nitrogens is 1. The van der Waals surface area contributed by atoms with Crippen molar-refractivity contribution < 1.29 is 4.42 Å². The highest BCUT2D eigenvalue weighted by molar-refractivity contribution is 8.02. The van der Waals surface area contributed by atoms with Crippen LogP contribution in [0.4, 0.5) is 0 Å². The Bertz CT molecular complexity index is 705. The first-order chi connectivity index (χ1) is 8.31. The Balaban J connectivity index is 2.26. The summed E-state index contributed by atoms with van der Waals surface area (Å²) in [7, 11) is 0. The smallest absolute Gasteiger partial charge is 0.190 e. The minimum absolute atomic E-state index is 0.0841. The van der Waals surface area contributed by atoms with E-state index in [2.05, 4.69) is 0 Å². The summed E-state index contributed by atoms with van der Waals surface area (Å²) in [5, 5.41) is 11.6. The molecule has 5 heteroatoms. The molecule has 3 heterocycles. The normalized spacial score (nSPS) is 13.0. The highest BCUT2D eigenvalue weighted by Crippen LogP contribution is 2.39. The van der Waals surface area contributed by atoms with Crippen LogP contribution in [0, 0.1) is 11.5 Å². The van der Waals surface area contributed by atoms with Crippen LogP contribution in [-0.4, -0.2) is 4.57 Å². The molecule has 2 aromatic rings. The summed E-state index contributed by atoms with van der Waals surface area (Å²) in [5.41, 5.74) is 1.24. The average molecular weight is 243 g/mol. The summed E-state index contributed by atoms with van der Waals surface area (Å²) in [6, 6.07) is 4.98. The van der Waals surface area contributed by atoms with Gasteiger partial charge in [-0.05, 0) is 17.5 Å². The number of hydrogen-bond acceptors (Lipinski definition) is 3. The van der Waals surface area contributed by atoms with E-state index in [-0.39, 0.29) is 5.43 Å². The SMILES string of the molecule is N#Cn1ccc(=O)c2c1[SH]C=C2c1ccco1. The maximum Gasteiger partial charge on any atom is 0.190 e. The lowest BCUT2D eigenvalue weighted by molar-refractivity contribution is 0.553. The number of thiol groups is 1. The number of pyridine rings is 1. The van der Waals surface area contributed by atoms with E-state index < -0.39 is 0 Å². The van der Waals surface area contributed by atoms with Gasteiger partial charge in [0.1, 0.15) is 5.76 Å². The molecule has 0 bridgehead atoms. The molecule has 1 aliphatic heterocycles. The number of rotatable bonds is 1. The van der Waals surface area contributed by atoms with Crippen molar-refractivity contribution in [3.8, 4) is 6.19 Å². The molecule has 2 aromatic heterocycles. The van der Waals surface area contributed by atoms with Crippen LogP contribution in [-0.2, 0) is 0 Å². The number of furan rings is 1. The van der Waals surface area contributed by atoms with Gasteiger partial charge in [0.15, 0.2) is 11.6 Å². The van der Waals surface area contributed by atoms with E-state index >= 15 is 0 Å². The maximum absolute atomic E-state index is 11.9. The lowest BCUT2D eigenvalue weighted by Gasteiger charge is -2.04. The van der Waals surface area contributed by atoms with E-state index in [4.69, 9.17) is 9.68 Å². The monoisotopic (exact) mass is 243 g/mol. The third-order valence-corrected chi connectivity index (χ3v) is 3.62. The van der Waals surface area contributed by atoms with Crippen LogP contribution in [0.2, 0.25) is 0 Å². The molecule has 0 atom stereocenters. The Kier molecular flexibility index (Phi) is 2.16. The third-order valence-electron chi connectivity index (χ3n) is 2.55. The highest BCUT2D eigenvalue weighted by atomic mass is 32.2. The Morgan fingerprint density at radius 3 is 3.00 bits per heavy atom. The Morgan fingerprint density at radius 2 is 2.29 bits per heavy atom. The number of fused-ring (bicyclic) bond motifs is 1. The number of nitrogens with zero attached hydrogens (tertiary/aromatic N) is 2. The fourth-order valence-electron chi connectivity index (χ4n) is 1.80. The first-order valence-electron chi connectivity index (χ1n) is 4.92. The molecule has 17 heavy (non-hydrogen) atoms. The second kappa shape index (κ2) is 3.68. The highest BCUT2D eigenvalue weighted by Gasteiger charge is 2.22. The lowest BCUT2D eigenvalue weighted by atomic mass is 10.1. The largest absolute Gasteiger partial charge is 0.464 e. The molecule has 83 valence electrons. The molecule has 0 unspecified atom stereocenters. The van der Waals surface area contributed by atoms with E-state index in [0.717, 1.165) is 17.3 Å². The average Bonchev–Trinajstić information content (AvgIpc) is 2.98. The molecule has 0 saturated heterocycles. The van der Waals surface area contributed by atoms with Gasteiger partial charge < -0.3 is 4.42 Å². The molecule has 1 radical (unpaired) electrons. The van der Waals surface area contributed by atoms with E-state index in [1.165, 1.54) is 16.8 Å². The van der Waals surface area contributed by atoms with E-state index in [0.29, 0.717) is 16.3 Å². The molecule has 0 amide bonds. The Morgan fingerprint density at radius 1 is 1.41 bits per heavy atom. The second-order valence-electron chi connectivity index (χ2n) is 3.50. The number of nitriles is 1.